The zero-order valence-corrected chi connectivity index (χ0v) is 8.58. The van der Waals surface area contributed by atoms with Crippen LogP contribution in [-0.4, -0.2) is 16.3 Å². The molecule has 0 spiro atoms. The molecule has 0 bridgehead atoms. The summed E-state index contributed by atoms with van der Waals surface area (Å²) in [6.07, 6.45) is 9.64. The molecule has 0 N–H and O–H groups in total. The number of carbonyl (C=O) groups excluding carboxylic acids is 1. The highest BCUT2D eigenvalue weighted by Crippen LogP contribution is 2.05. The first-order chi connectivity index (χ1) is 7.88. The minimum atomic E-state index is 0.582. The zero-order valence-electron chi connectivity index (χ0n) is 8.58. The molecule has 3 nitrogen and oxygen atoms in total. The van der Waals surface area contributed by atoms with Crippen molar-refractivity contribution in [3.8, 4) is 0 Å². The maximum absolute atomic E-state index is 10.4. The molecule has 78 valence electrons. The molecule has 2 aromatic heterocycles. The second-order valence-electron chi connectivity index (χ2n) is 3.25. The highest BCUT2D eigenvalue weighted by atomic mass is 16.1. The molecular formula is C13H10N2O. The van der Waals surface area contributed by atoms with Crippen LogP contribution in [0.5, 0.6) is 0 Å². The van der Waals surface area contributed by atoms with Gasteiger partial charge in [-0.2, -0.15) is 0 Å². The number of rotatable bonds is 3. The lowest BCUT2D eigenvalue weighted by molar-refractivity contribution is 0.112. The molecule has 0 aliphatic heterocycles. The third-order valence-corrected chi connectivity index (χ3v) is 2.08. The number of pyridine rings is 2. The average Bonchev–Trinajstić information content (AvgIpc) is 2.38. The van der Waals surface area contributed by atoms with E-state index in [4.69, 9.17) is 0 Å². The van der Waals surface area contributed by atoms with Crippen LogP contribution in [0.4, 0.5) is 0 Å². The van der Waals surface area contributed by atoms with Crippen molar-refractivity contribution in [2.45, 2.75) is 0 Å². The lowest BCUT2D eigenvalue weighted by Crippen LogP contribution is -1.84. The van der Waals surface area contributed by atoms with E-state index in [0.717, 1.165) is 17.5 Å². The molecule has 0 saturated heterocycles. The predicted molar refractivity (Wildman–Crippen MR) is 62.8 cm³/mol. The normalized spacial score (nSPS) is 10.5. The lowest BCUT2D eigenvalue weighted by Gasteiger charge is -1.93. The van der Waals surface area contributed by atoms with Gasteiger partial charge in [-0.05, 0) is 29.8 Å². The van der Waals surface area contributed by atoms with Crippen LogP contribution in [0.25, 0.3) is 12.2 Å². The number of aromatic nitrogens is 2. The largest absolute Gasteiger partial charge is 0.298 e. The van der Waals surface area contributed by atoms with E-state index in [1.807, 2.05) is 24.3 Å². The van der Waals surface area contributed by atoms with Gasteiger partial charge in [-0.1, -0.05) is 12.1 Å². The summed E-state index contributed by atoms with van der Waals surface area (Å²) in [6, 6.07) is 7.38. The van der Waals surface area contributed by atoms with E-state index >= 15 is 0 Å². The van der Waals surface area contributed by atoms with Gasteiger partial charge in [0.1, 0.15) is 0 Å². The van der Waals surface area contributed by atoms with Gasteiger partial charge in [0.2, 0.25) is 0 Å². The van der Waals surface area contributed by atoms with Crippen molar-refractivity contribution < 1.29 is 4.79 Å². The highest BCUT2D eigenvalue weighted by molar-refractivity contribution is 5.75. The SMILES string of the molecule is O=Cc1ccc(C=Cc2cccnc2)nc1. The monoisotopic (exact) mass is 210 g/mol. The Bertz CT molecular complexity index is 489. The predicted octanol–water partition coefficient (Wildman–Crippen LogP) is 2.46. The number of aldehydes is 1. The van der Waals surface area contributed by atoms with Gasteiger partial charge in [0, 0.05) is 24.2 Å². The molecule has 0 saturated carbocycles. The molecule has 0 aromatic carbocycles. The van der Waals surface area contributed by atoms with E-state index in [-0.39, 0.29) is 0 Å². The zero-order chi connectivity index (χ0) is 11.2. The van der Waals surface area contributed by atoms with Gasteiger partial charge < -0.3 is 0 Å². The minimum Gasteiger partial charge on any atom is -0.298 e. The molecule has 3 heteroatoms. The first kappa shape index (κ1) is 10.2. The van der Waals surface area contributed by atoms with Crippen molar-refractivity contribution in [1.82, 2.24) is 9.97 Å². The Kier molecular flexibility index (Phi) is 3.18. The Hall–Kier alpha value is -2.29. The molecule has 0 aliphatic carbocycles. The Morgan fingerprint density at radius 1 is 1.00 bits per heavy atom. The number of hydrogen-bond donors (Lipinski definition) is 0. The van der Waals surface area contributed by atoms with Gasteiger partial charge in [-0.15, -0.1) is 0 Å². The van der Waals surface area contributed by atoms with Crippen LogP contribution in [0.15, 0.2) is 42.9 Å². The summed E-state index contributed by atoms with van der Waals surface area (Å²) < 4.78 is 0. The topological polar surface area (TPSA) is 42.9 Å². The quantitative estimate of drug-likeness (QED) is 0.731. The lowest BCUT2D eigenvalue weighted by atomic mass is 10.2. The van der Waals surface area contributed by atoms with Gasteiger partial charge >= 0.3 is 0 Å². The summed E-state index contributed by atoms with van der Waals surface area (Å²) in [5.41, 5.74) is 2.41. The Labute approximate surface area is 93.5 Å². The van der Waals surface area contributed by atoms with Crippen molar-refractivity contribution in [1.29, 1.82) is 0 Å². The maximum Gasteiger partial charge on any atom is 0.151 e. The van der Waals surface area contributed by atoms with Crippen LogP contribution in [-0.2, 0) is 0 Å². The van der Waals surface area contributed by atoms with Gasteiger partial charge in [-0.25, -0.2) is 0 Å². The molecule has 2 heterocycles. The number of carbonyl (C=O) groups is 1. The van der Waals surface area contributed by atoms with Gasteiger partial charge in [0.25, 0.3) is 0 Å². The van der Waals surface area contributed by atoms with E-state index in [2.05, 4.69) is 9.97 Å². The van der Waals surface area contributed by atoms with E-state index in [1.54, 1.807) is 30.7 Å². The van der Waals surface area contributed by atoms with Crippen molar-refractivity contribution in [2.24, 2.45) is 0 Å². The Morgan fingerprint density at radius 2 is 1.94 bits per heavy atom. The highest BCUT2D eigenvalue weighted by Gasteiger charge is 1.91. The van der Waals surface area contributed by atoms with Crippen molar-refractivity contribution >= 4 is 18.4 Å². The molecular weight excluding hydrogens is 200 g/mol. The Morgan fingerprint density at radius 3 is 2.56 bits per heavy atom. The van der Waals surface area contributed by atoms with Crippen LogP contribution >= 0.6 is 0 Å². The van der Waals surface area contributed by atoms with Gasteiger partial charge in [0.15, 0.2) is 6.29 Å². The minimum absolute atomic E-state index is 0.582. The van der Waals surface area contributed by atoms with Gasteiger partial charge in [0.05, 0.1) is 5.69 Å². The summed E-state index contributed by atoms with van der Waals surface area (Å²) in [5.74, 6) is 0. The molecule has 0 radical (unpaired) electrons. The molecule has 16 heavy (non-hydrogen) atoms. The van der Waals surface area contributed by atoms with E-state index in [9.17, 15) is 4.79 Å². The van der Waals surface area contributed by atoms with E-state index in [0.29, 0.717) is 5.56 Å². The van der Waals surface area contributed by atoms with Crippen LogP contribution < -0.4 is 0 Å². The fourth-order valence-corrected chi connectivity index (χ4v) is 1.24. The first-order valence-corrected chi connectivity index (χ1v) is 4.88. The van der Waals surface area contributed by atoms with Crippen LogP contribution in [0.2, 0.25) is 0 Å². The molecule has 0 amide bonds. The fraction of sp³-hybridized carbons (Fsp3) is 0. The summed E-state index contributed by atoms with van der Waals surface area (Å²) in [6.45, 7) is 0. The number of hydrogen-bond acceptors (Lipinski definition) is 3. The second-order valence-corrected chi connectivity index (χ2v) is 3.25. The number of nitrogens with zero attached hydrogens (tertiary/aromatic N) is 2. The van der Waals surface area contributed by atoms with Crippen LogP contribution in [0, 0.1) is 0 Å². The van der Waals surface area contributed by atoms with Crippen molar-refractivity contribution in [2.75, 3.05) is 0 Å². The van der Waals surface area contributed by atoms with E-state index < -0.39 is 0 Å². The molecule has 0 aliphatic rings. The molecule has 0 unspecified atom stereocenters. The van der Waals surface area contributed by atoms with Gasteiger partial charge in [-0.3, -0.25) is 14.8 Å². The summed E-state index contributed by atoms with van der Waals surface area (Å²) >= 11 is 0. The Balaban J connectivity index is 2.14. The third kappa shape index (κ3) is 2.60. The molecule has 2 aromatic rings. The molecule has 0 atom stereocenters. The van der Waals surface area contributed by atoms with Crippen LogP contribution in [0.3, 0.4) is 0 Å². The molecule has 2 rings (SSSR count). The smallest absolute Gasteiger partial charge is 0.151 e. The second kappa shape index (κ2) is 4.98. The van der Waals surface area contributed by atoms with Crippen molar-refractivity contribution in [3.05, 3.63) is 59.7 Å². The van der Waals surface area contributed by atoms with Crippen molar-refractivity contribution in [3.63, 3.8) is 0 Å². The van der Waals surface area contributed by atoms with E-state index in [1.165, 1.54) is 0 Å². The first-order valence-electron chi connectivity index (χ1n) is 4.88. The molecule has 0 fully saturated rings. The maximum atomic E-state index is 10.4. The van der Waals surface area contributed by atoms with Crippen LogP contribution in [0.1, 0.15) is 21.6 Å². The summed E-state index contributed by atoms with van der Waals surface area (Å²) in [5, 5.41) is 0. The summed E-state index contributed by atoms with van der Waals surface area (Å²) in [4.78, 5) is 18.6. The fourth-order valence-electron chi connectivity index (χ4n) is 1.24. The standard InChI is InChI=1S/C13H10N2O/c16-10-12-4-6-13(15-9-12)5-3-11-2-1-7-14-8-11/h1-10H. The summed E-state index contributed by atoms with van der Waals surface area (Å²) in [7, 11) is 0. The average molecular weight is 210 g/mol. The third-order valence-electron chi connectivity index (χ3n) is 2.08.